The Morgan fingerprint density at radius 2 is 1.59 bits per heavy atom. The van der Waals surface area contributed by atoms with Crippen molar-refractivity contribution in [1.29, 1.82) is 0 Å². The molecule has 0 unspecified atom stereocenters. The summed E-state index contributed by atoms with van der Waals surface area (Å²) in [6.07, 6.45) is 1.78. The Hall–Kier alpha value is -4.13. The molecule has 1 fully saturated rings. The van der Waals surface area contributed by atoms with Crippen molar-refractivity contribution in [2.45, 2.75) is 36.1 Å². The number of carbonyl (C=O) groups is 1. The van der Waals surface area contributed by atoms with Gasteiger partial charge in [-0.1, -0.05) is 54.1 Å². The number of aryl methyl sites for hydroxylation is 1. The second kappa shape index (κ2) is 9.47. The number of carbonyl (C=O) groups excluding carboxylic acids is 1. The first-order chi connectivity index (χ1) is 19.5. The Kier molecular flexibility index (Phi) is 6.25. The van der Waals surface area contributed by atoms with Crippen molar-refractivity contribution in [1.82, 2.24) is 8.28 Å². The van der Waals surface area contributed by atoms with Crippen molar-refractivity contribution in [2.75, 3.05) is 6.54 Å². The fraction of sp³-hybridized carbons (Fsp3) is 0.207. The van der Waals surface area contributed by atoms with Gasteiger partial charge in [-0.2, -0.15) is 4.31 Å². The molecule has 2 bridgehead atoms. The zero-order valence-electron chi connectivity index (χ0n) is 22.1. The topological polar surface area (TPSA) is 137 Å². The van der Waals surface area contributed by atoms with Crippen LogP contribution in [-0.4, -0.2) is 42.4 Å². The van der Waals surface area contributed by atoms with E-state index in [-0.39, 0.29) is 40.4 Å². The second-order valence-corrected chi connectivity index (χ2v) is 13.8. The molecular formula is C29H25N3O7S2. The average molecular weight is 592 g/mol. The molecule has 1 aliphatic heterocycles. The van der Waals surface area contributed by atoms with E-state index in [1.54, 1.807) is 43.3 Å². The number of benzene rings is 3. The number of fused-ring (bicyclic) bond motifs is 6. The molecule has 0 spiro atoms. The van der Waals surface area contributed by atoms with Gasteiger partial charge in [0.1, 0.15) is 0 Å². The lowest BCUT2D eigenvalue weighted by Crippen LogP contribution is -2.48. The summed E-state index contributed by atoms with van der Waals surface area (Å²) in [5, 5.41) is 12.2. The number of nitro benzene ring substituents is 1. The number of nitro groups is 1. The van der Waals surface area contributed by atoms with E-state index in [1.807, 2.05) is 6.92 Å². The number of allylic oxidation sites excluding steroid dienone is 1. The van der Waals surface area contributed by atoms with Gasteiger partial charge in [0, 0.05) is 29.5 Å². The molecule has 1 aromatic heterocycles. The summed E-state index contributed by atoms with van der Waals surface area (Å²) in [4.78, 5) is 24.5. The molecule has 0 amide bonds. The molecule has 41 heavy (non-hydrogen) atoms. The largest absolute Gasteiger partial charge is 0.293 e. The Morgan fingerprint density at radius 1 is 0.927 bits per heavy atom. The number of nitrogens with zero attached hydrogens (tertiary/aromatic N) is 3. The lowest BCUT2D eigenvalue weighted by Gasteiger charge is -2.43. The first-order valence-corrected chi connectivity index (χ1v) is 15.8. The van der Waals surface area contributed by atoms with Gasteiger partial charge in [0.15, 0.2) is 10.7 Å². The van der Waals surface area contributed by atoms with E-state index < -0.39 is 47.5 Å². The monoisotopic (exact) mass is 591 g/mol. The van der Waals surface area contributed by atoms with Gasteiger partial charge in [-0.3, -0.25) is 14.9 Å². The Balaban J connectivity index is 1.68. The molecule has 4 aromatic rings. The van der Waals surface area contributed by atoms with Gasteiger partial charge >= 0.3 is 0 Å². The van der Waals surface area contributed by atoms with Crippen molar-refractivity contribution < 1.29 is 26.6 Å². The molecule has 0 saturated carbocycles. The average Bonchev–Trinajstić information content (AvgIpc) is 3.32. The maximum absolute atomic E-state index is 14.3. The van der Waals surface area contributed by atoms with E-state index in [0.717, 1.165) is 21.7 Å². The maximum Gasteiger partial charge on any atom is 0.289 e. The fourth-order valence-electron chi connectivity index (χ4n) is 5.96. The van der Waals surface area contributed by atoms with Crippen LogP contribution in [0, 0.1) is 23.0 Å². The van der Waals surface area contributed by atoms with E-state index in [2.05, 4.69) is 0 Å². The van der Waals surface area contributed by atoms with Crippen LogP contribution in [0.3, 0.4) is 0 Å². The molecule has 3 aromatic carbocycles. The van der Waals surface area contributed by atoms with E-state index >= 15 is 0 Å². The van der Waals surface area contributed by atoms with Crippen molar-refractivity contribution in [3.8, 4) is 0 Å². The van der Waals surface area contributed by atoms with Crippen LogP contribution in [0.15, 0.2) is 94.2 Å². The Morgan fingerprint density at radius 3 is 2.27 bits per heavy atom. The number of hydrogen-bond acceptors (Lipinski definition) is 7. The fourth-order valence-corrected chi connectivity index (χ4v) is 9.29. The standard InChI is InChI=1S/C29H25N3O7S2/c1-3-19-17-30(40(36,37)20-14-12-18(2)13-15-20)25-16-22(19)29(33)27-21-8-4-5-9-23(21)31(28(25)27)41(38,39)26-11-7-6-10-24(26)32(34)35/h3-15,22,25H,16-17H2,1-2H3/b19-3-/t22-,25-/m0/s1. The normalized spacial score (nSPS) is 20.3. The molecule has 210 valence electrons. The smallest absolute Gasteiger partial charge is 0.289 e. The quantitative estimate of drug-likeness (QED) is 0.181. The summed E-state index contributed by atoms with van der Waals surface area (Å²) in [6.45, 7) is 3.49. The highest BCUT2D eigenvalue weighted by Crippen LogP contribution is 2.50. The van der Waals surface area contributed by atoms with Crippen LogP contribution >= 0.6 is 0 Å². The van der Waals surface area contributed by atoms with Crippen molar-refractivity contribution in [3.63, 3.8) is 0 Å². The number of Topliss-reactive ketones (excluding diaryl/α,β-unsaturated/α-hetero) is 1. The summed E-state index contributed by atoms with van der Waals surface area (Å²) < 4.78 is 59.1. The minimum atomic E-state index is -4.67. The molecule has 12 heteroatoms. The molecule has 6 rings (SSSR count). The first-order valence-electron chi connectivity index (χ1n) is 12.9. The summed E-state index contributed by atoms with van der Waals surface area (Å²) in [5.74, 6) is -0.931. The molecule has 1 saturated heterocycles. The molecule has 2 heterocycles. The predicted molar refractivity (Wildman–Crippen MR) is 152 cm³/mol. The second-order valence-electron chi connectivity index (χ2n) is 10.2. The van der Waals surface area contributed by atoms with Gasteiger partial charge in [0.2, 0.25) is 10.0 Å². The molecule has 0 radical (unpaired) electrons. The first kappa shape index (κ1) is 27.1. The van der Waals surface area contributed by atoms with Crippen LogP contribution in [0.5, 0.6) is 0 Å². The Bertz CT molecular complexity index is 2010. The lowest BCUT2D eigenvalue weighted by atomic mass is 9.75. The van der Waals surface area contributed by atoms with Crippen LogP contribution in [0.25, 0.3) is 10.9 Å². The van der Waals surface area contributed by atoms with Gasteiger partial charge in [-0.15, -0.1) is 0 Å². The lowest BCUT2D eigenvalue weighted by molar-refractivity contribution is -0.387. The highest BCUT2D eigenvalue weighted by atomic mass is 32.2. The zero-order chi connectivity index (χ0) is 29.3. The van der Waals surface area contributed by atoms with Crippen molar-refractivity contribution >= 4 is 42.4 Å². The minimum Gasteiger partial charge on any atom is -0.293 e. The van der Waals surface area contributed by atoms with Crippen LogP contribution in [0.4, 0.5) is 5.69 Å². The van der Waals surface area contributed by atoms with Gasteiger partial charge in [0.05, 0.1) is 27.1 Å². The van der Waals surface area contributed by atoms with Gasteiger partial charge < -0.3 is 0 Å². The van der Waals surface area contributed by atoms with E-state index in [0.29, 0.717) is 11.0 Å². The van der Waals surface area contributed by atoms with Crippen LogP contribution < -0.4 is 0 Å². The Labute approximate surface area is 236 Å². The number of piperidine rings is 1. The number of hydrogen-bond donors (Lipinski definition) is 0. The van der Waals surface area contributed by atoms with Crippen LogP contribution in [0.2, 0.25) is 0 Å². The van der Waals surface area contributed by atoms with E-state index in [4.69, 9.17) is 0 Å². The number of rotatable bonds is 5. The molecule has 2 aliphatic rings. The molecular weight excluding hydrogens is 566 g/mol. The number of sulfonamides is 1. The van der Waals surface area contributed by atoms with E-state index in [1.165, 1.54) is 34.6 Å². The summed E-state index contributed by atoms with van der Waals surface area (Å²) >= 11 is 0. The molecule has 2 atom stereocenters. The third-order valence-corrected chi connectivity index (χ3v) is 11.6. The minimum absolute atomic E-state index is 0.00330. The third-order valence-electron chi connectivity index (χ3n) is 7.92. The summed E-state index contributed by atoms with van der Waals surface area (Å²) in [6, 6.07) is 16.7. The summed E-state index contributed by atoms with van der Waals surface area (Å²) in [5.41, 5.74) is 1.14. The highest BCUT2D eigenvalue weighted by molar-refractivity contribution is 7.90. The zero-order valence-corrected chi connectivity index (χ0v) is 23.7. The van der Waals surface area contributed by atoms with Gasteiger partial charge in [-0.05, 0) is 50.1 Å². The number of aromatic nitrogens is 1. The van der Waals surface area contributed by atoms with Crippen LogP contribution in [0.1, 0.15) is 41.0 Å². The SMILES string of the molecule is C/C=C1/CN(S(=O)(=O)c2ccc(C)cc2)[C@H]2C[C@@H]1C(=O)c1c2n(S(=O)(=O)c2ccccc2[N+](=O)[O-])c2ccccc12. The maximum atomic E-state index is 14.3. The summed E-state index contributed by atoms with van der Waals surface area (Å²) in [7, 11) is -8.82. The molecule has 1 aliphatic carbocycles. The van der Waals surface area contributed by atoms with Crippen LogP contribution in [-0.2, 0) is 20.0 Å². The van der Waals surface area contributed by atoms with Crippen molar-refractivity contribution in [3.05, 3.63) is 111 Å². The highest BCUT2D eigenvalue weighted by Gasteiger charge is 2.51. The van der Waals surface area contributed by atoms with E-state index in [9.17, 15) is 31.7 Å². The van der Waals surface area contributed by atoms with Crippen molar-refractivity contribution in [2.24, 2.45) is 5.92 Å². The molecule has 10 nitrogen and oxygen atoms in total. The number of para-hydroxylation sites is 2. The van der Waals surface area contributed by atoms with Gasteiger partial charge in [-0.25, -0.2) is 20.8 Å². The third kappa shape index (κ3) is 3.97. The number of ketones is 1. The predicted octanol–water partition coefficient (Wildman–Crippen LogP) is 4.99. The van der Waals surface area contributed by atoms with Gasteiger partial charge in [0.25, 0.3) is 15.7 Å². The molecule has 0 N–H and O–H groups in total.